The number of nitrogens with zero attached hydrogens (tertiary/aromatic N) is 5. The summed E-state index contributed by atoms with van der Waals surface area (Å²) in [5, 5.41) is 13.1. The molecular weight excluding hydrogens is 326 g/mol. The quantitative estimate of drug-likeness (QED) is 0.557. The molecule has 5 rings (SSSR count). The molecule has 3 heterocycles. The monoisotopic (exact) mass is 345 g/mol. The minimum absolute atomic E-state index is 0.0689. The van der Waals surface area contributed by atoms with Gasteiger partial charge >= 0.3 is 0 Å². The summed E-state index contributed by atoms with van der Waals surface area (Å²) in [6.45, 7) is 0. The van der Waals surface area contributed by atoms with Crippen molar-refractivity contribution in [2.24, 2.45) is 0 Å². The molecule has 1 aliphatic rings. The third-order valence-corrected chi connectivity index (χ3v) is 5.34. The Morgan fingerprint density at radius 3 is 2.58 bits per heavy atom. The first-order valence-electron chi connectivity index (χ1n) is 9.13. The van der Waals surface area contributed by atoms with Crippen LogP contribution in [0.2, 0.25) is 0 Å². The summed E-state index contributed by atoms with van der Waals surface area (Å²) < 4.78 is 3.56. The van der Waals surface area contributed by atoms with E-state index in [1.807, 2.05) is 47.2 Å². The topological polar surface area (TPSA) is 65.1 Å². The predicted molar refractivity (Wildman–Crippen MR) is 100 cm³/mol. The fourth-order valence-electron chi connectivity index (χ4n) is 3.97. The first-order chi connectivity index (χ1) is 12.8. The molecule has 0 spiro atoms. The second-order valence-electron chi connectivity index (χ2n) is 6.91. The first-order valence-corrected chi connectivity index (χ1v) is 9.13. The van der Waals surface area contributed by atoms with Crippen LogP contribution in [0.3, 0.4) is 0 Å². The summed E-state index contributed by atoms with van der Waals surface area (Å²) >= 11 is 0. The van der Waals surface area contributed by atoms with Gasteiger partial charge in [-0.1, -0.05) is 49.6 Å². The van der Waals surface area contributed by atoms with E-state index in [-0.39, 0.29) is 11.6 Å². The number of hydrogen-bond donors (Lipinski definition) is 0. The summed E-state index contributed by atoms with van der Waals surface area (Å²) in [5.41, 5.74) is 3.63. The van der Waals surface area contributed by atoms with E-state index in [1.165, 1.54) is 19.3 Å². The number of hydrogen-bond acceptors (Lipinski definition) is 4. The molecule has 0 atom stereocenters. The van der Waals surface area contributed by atoms with Crippen molar-refractivity contribution in [3.8, 4) is 11.1 Å². The van der Waals surface area contributed by atoms with Crippen molar-refractivity contribution < 1.29 is 0 Å². The van der Waals surface area contributed by atoms with E-state index >= 15 is 0 Å². The predicted octanol–water partition coefficient (Wildman–Crippen LogP) is 3.61. The molecule has 0 unspecified atom stereocenters. The lowest BCUT2D eigenvalue weighted by Gasteiger charge is -2.23. The molecule has 1 aromatic carbocycles. The van der Waals surface area contributed by atoms with Crippen LogP contribution in [-0.2, 0) is 0 Å². The zero-order valence-corrected chi connectivity index (χ0v) is 14.4. The Morgan fingerprint density at radius 2 is 1.77 bits per heavy atom. The van der Waals surface area contributed by atoms with Crippen LogP contribution in [-0.4, -0.2) is 24.4 Å². The summed E-state index contributed by atoms with van der Waals surface area (Å²) in [6, 6.07) is 12.2. The second-order valence-corrected chi connectivity index (χ2v) is 6.91. The minimum Gasteiger partial charge on any atom is -0.310 e. The van der Waals surface area contributed by atoms with Crippen LogP contribution in [0.5, 0.6) is 0 Å². The molecule has 1 fully saturated rings. The average molecular weight is 345 g/mol. The standard InChI is InChI=1S/C20H19N5O/c26-20-18-17(11-12-24(20)15-9-5-2-6-10-15)25-19(23-22-18)16(13-21-25)14-7-3-1-4-8-14/h1,3-4,7-8,11-13,15H,2,5-6,9-10H2. The van der Waals surface area contributed by atoms with Crippen molar-refractivity contribution in [2.45, 2.75) is 38.1 Å². The Morgan fingerprint density at radius 1 is 0.962 bits per heavy atom. The maximum atomic E-state index is 13.0. The van der Waals surface area contributed by atoms with Crippen LogP contribution in [0.25, 0.3) is 27.8 Å². The van der Waals surface area contributed by atoms with Gasteiger partial charge in [-0.25, -0.2) is 4.52 Å². The third kappa shape index (κ3) is 2.33. The zero-order valence-electron chi connectivity index (χ0n) is 14.4. The molecule has 1 saturated carbocycles. The Bertz CT molecular complexity index is 1140. The van der Waals surface area contributed by atoms with Crippen molar-refractivity contribution >= 4 is 16.7 Å². The molecule has 0 N–H and O–H groups in total. The Hall–Kier alpha value is -3.02. The molecule has 0 aliphatic heterocycles. The van der Waals surface area contributed by atoms with Crippen LogP contribution in [0.1, 0.15) is 38.1 Å². The molecule has 0 bridgehead atoms. The van der Waals surface area contributed by atoms with Gasteiger partial charge in [0.15, 0.2) is 11.2 Å². The second kappa shape index (κ2) is 6.05. The number of pyridine rings is 1. The smallest absolute Gasteiger partial charge is 0.280 e. The lowest BCUT2D eigenvalue weighted by Crippen LogP contribution is -2.27. The molecule has 3 aromatic heterocycles. The van der Waals surface area contributed by atoms with Crippen molar-refractivity contribution in [2.75, 3.05) is 0 Å². The molecule has 0 radical (unpaired) electrons. The van der Waals surface area contributed by atoms with Gasteiger partial charge in [-0.2, -0.15) is 5.10 Å². The van der Waals surface area contributed by atoms with Crippen LogP contribution >= 0.6 is 0 Å². The Labute approximate surface area is 150 Å². The lowest BCUT2D eigenvalue weighted by molar-refractivity contribution is 0.347. The highest BCUT2D eigenvalue weighted by atomic mass is 16.1. The van der Waals surface area contributed by atoms with E-state index < -0.39 is 0 Å². The SMILES string of the molecule is O=c1c2nnc3c(-c4ccccc4)cnn3c2ccn1C1CCCCC1. The summed E-state index contributed by atoms with van der Waals surface area (Å²) in [7, 11) is 0. The van der Waals surface area contributed by atoms with E-state index in [4.69, 9.17) is 0 Å². The largest absolute Gasteiger partial charge is 0.310 e. The van der Waals surface area contributed by atoms with Gasteiger partial charge in [0.1, 0.15) is 5.52 Å². The molecule has 6 nitrogen and oxygen atoms in total. The van der Waals surface area contributed by atoms with Crippen molar-refractivity contribution in [3.05, 3.63) is 59.1 Å². The first kappa shape index (κ1) is 15.3. The van der Waals surface area contributed by atoms with Gasteiger partial charge < -0.3 is 4.57 Å². The third-order valence-electron chi connectivity index (χ3n) is 5.34. The normalized spacial score (nSPS) is 15.7. The number of aromatic nitrogens is 5. The van der Waals surface area contributed by atoms with Gasteiger partial charge in [0, 0.05) is 17.8 Å². The zero-order chi connectivity index (χ0) is 17.5. The van der Waals surface area contributed by atoms with Gasteiger partial charge in [-0.05, 0) is 24.5 Å². The van der Waals surface area contributed by atoms with Crippen molar-refractivity contribution in [3.63, 3.8) is 0 Å². The lowest BCUT2D eigenvalue weighted by atomic mass is 9.95. The van der Waals surface area contributed by atoms with Gasteiger partial charge in [-0.3, -0.25) is 4.79 Å². The molecular formula is C20H19N5O. The van der Waals surface area contributed by atoms with E-state index in [9.17, 15) is 4.79 Å². The van der Waals surface area contributed by atoms with E-state index in [0.29, 0.717) is 16.7 Å². The van der Waals surface area contributed by atoms with Crippen molar-refractivity contribution in [1.82, 2.24) is 24.4 Å². The highest BCUT2D eigenvalue weighted by Gasteiger charge is 2.19. The van der Waals surface area contributed by atoms with Crippen LogP contribution in [0.4, 0.5) is 0 Å². The maximum absolute atomic E-state index is 13.0. The minimum atomic E-state index is -0.0689. The molecule has 0 amide bonds. The maximum Gasteiger partial charge on any atom is 0.280 e. The Balaban J connectivity index is 1.69. The van der Waals surface area contributed by atoms with Gasteiger partial charge in [0.2, 0.25) is 0 Å². The van der Waals surface area contributed by atoms with Gasteiger partial charge in [0.05, 0.1) is 6.20 Å². The molecule has 4 aromatic rings. The summed E-state index contributed by atoms with van der Waals surface area (Å²) in [5.74, 6) is 0. The van der Waals surface area contributed by atoms with Crippen LogP contribution in [0, 0.1) is 0 Å². The van der Waals surface area contributed by atoms with Crippen LogP contribution in [0.15, 0.2) is 53.6 Å². The number of fused-ring (bicyclic) bond motifs is 3. The molecule has 0 saturated heterocycles. The summed E-state index contributed by atoms with van der Waals surface area (Å²) in [4.78, 5) is 13.0. The number of rotatable bonds is 2. The molecule has 1 aliphatic carbocycles. The fraction of sp³-hybridized carbons (Fsp3) is 0.300. The molecule has 26 heavy (non-hydrogen) atoms. The Kier molecular flexibility index (Phi) is 3.55. The average Bonchev–Trinajstić information content (AvgIpc) is 3.14. The highest BCUT2D eigenvalue weighted by molar-refractivity contribution is 5.82. The number of benzene rings is 1. The van der Waals surface area contributed by atoms with E-state index in [0.717, 1.165) is 24.0 Å². The summed E-state index contributed by atoms with van der Waals surface area (Å²) in [6.07, 6.45) is 9.41. The van der Waals surface area contributed by atoms with Crippen LogP contribution < -0.4 is 5.56 Å². The molecule has 6 heteroatoms. The van der Waals surface area contributed by atoms with E-state index in [1.54, 1.807) is 10.7 Å². The molecule has 130 valence electrons. The highest BCUT2D eigenvalue weighted by Crippen LogP contribution is 2.28. The van der Waals surface area contributed by atoms with Crippen molar-refractivity contribution in [1.29, 1.82) is 0 Å². The van der Waals surface area contributed by atoms with E-state index in [2.05, 4.69) is 15.3 Å². The fourth-order valence-corrected chi connectivity index (χ4v) is 3.97. The van der Waals surface area contributed by atoms with Gasteiger partial charge in [0.25, 0.3) is 5.56 Å². The van der Waals surface area contributed by atoms with Gasteiger partial charge in [-0.15, -0.1) is 10.2 Å².